The van der Waals surface area contributed by atoms with E-state index in [2.05, 4.69) is 5.32 Å². The molecule has 1 unspecified atom stereocenters. The highest BCUT2D eigenvalue weighted by Gasteiger charge is 2.27. The van der Waals surface area contributed by atoms with Gasteiger partial charge in [0.15, 0.2) is 0 Å². The van der Waals surface area contributed by atoms with Crippen LogP contribution in [0.5, 0.6) is 0 Å². The van der Waals surface area contributed by atoms with Crippen LogP contribution in [0.15, 0.2) is 0 Å². The summed E-state index contributed by atoms with van der Waals surface area (Å²) in [7, 11) is 0. The minimum absolute atomic E-state index is 0.0609. The van der Waals surface area contributed by atoms with Crippen LogP contribution >= 0.6 is 0 Å². The van der Waals surface area contributed by atoms with Gasteiger partial charge in [0.1, 0.15) is 6.54 Å². The van der Waals surface area contributed by atoms with Gasteiger partial charge >= 0.3 is 6.18 Å². The van der Waals surface area contributed by atoms with Gasteiger partial charge in [-0.25, -0.2) is 0 Å². The number of rotatable bonds is 7. The molecule has 3 nitrogen and oxygen atoms in total. The SMILES string of the molecule is CCCC(CC)NCC(=O)NCC(F)(F)F. The van der Waals surface area contributed by atoms with Crippen molar-refractivity contribution < 1.29 is 18.0 Å². The molecule has 0 fully saturated rings. The maximum absolute atomic E-state index is 11.8. The minimum Gasteiger partial charge on any atom is -0.346 e. The van der Waals surface area contributed by atoms with Gasteiger partial charge in [-0.15, -0.1) is 0 Å². The number of carbonyl (C=O) groups is 1. The molecule has 0 saturated heterocycles. The zero-order valence-electron chi connectivity index (χ0n) is 9.66. The van der Waals surface area contributed by atoms with Crippen molar-refractivity contribution in [3.05, 3.63) is 0 Å². The zero-order valence-corrected chi connectivity index (χ0v) is 9.66. The molecule has 0 aromatic rings. The van der Waals surface area contributed by atoms with E-state index in [0.29, 0.717) is 0 Å². The molecular weight excluding hydrogens is 221 g/mol. The van der Waals surface area contributed by atoms with Gasteiger partial charge in [0.25, 0.3) is 0 Å². The average molecular weight is 240 g/mol. The first-order chi connectivity index (χ1) is 7.39. The van der Waals surface area contributed by atoms with Crippen LogP contribution in [-0.4, -0.2) is 31.2 Å². The van der Waals surface area contributed by atoms with Crippen molar-refractivity contribution in [3.8, 4) is 0 Å². The summed E-state index contributed by atoms with van der Waals surface area (Å²) >= 11 is 0. The van der Waals surface area contributed by atoms with E-state index in [9.17, 15) is 18.0 Å². The highest BCUT2D eigenvalue weighted by atomic mass is 19.4. The van der Waals surface area contributed by atoms with Crippen molar-refractivity contribution in [2.45, 2.75) is 45.3 Å². The number of carbonyl (C=O) groups excluding carboxylic acids is 1. The molecule has 2 N–H and O–H groups in total. The molecule has 0 aliphatic rings. The van der Waals surface area contributed by atoms with E-state index < -0.39 is 18.6 Å². The fourth-order valence-corrected chi connectivity index (χ4v) is 1.30. The van der Waals surface area contributed by atoms with Crippen LogP contribution in [0.4, 0.5) is 13.2 Å². The Kier molecular flexibility index (Phi) is 7.12. The molecule has 0 heterocycles. The van der Waals surface area contributed by atoms with Gasteiger partial charge in [-0.1, -0.05) is 20.3 Å². The highest BCUT2D eigenvalue weighted by Crippen LogP contribution is 2.11. The fourth-order valence-electron chi connectivity index (χ4n) is 1.30. The number of hydrogen-bond acceptors (Lipinski definition) is 2. The summed E-state index contributed by atoms with van der Waals surface area (Å²) in [6.07, 6.45) is -1.58. The van der Waals surface area contributed by atoms with Crippen LogP contribution in [0.3, 0.4) is 0 Å². The van der Waals surface area contributed by atoms with Crippen molar-refractivity contribution in [2.75, 3.05) is 13.1 Å². The lowest BCUT2D eigenvalue weighted by atomic mass is 10.1. The van der Waals surface area contributed by atoms with Crippen molar-refractivity contribution in [2.24, 2.45) is 0 Å². The Labute approximate surface area is 93.8 Å². The van der Waals surface area contributed by atoms with Crippen LogP contribution in [0.25, 0.3) is 0 Å². The third-order valence-corrected chi connectivity index (χ3v) is 2.17. The normalized spacial score (nSPS) is 13.6. The fraction of sp³-hybridized carbons (Fsp3) is 0.900. The van der Waals surface area contributed by atoms with Crippen molar-refractivity contribution >= 4 is 5.91 Å². The lowest BCUT2D eigenvalue weighted by molar-refractivity contribution is -0.137. The molecule has 1 amide bonds. The first-order valence-corrected chi connectivity index (χ1v) is 5.45. The molecule has 0 aliphatic heterocycles. The summed E-state index contributed by atoms with van der Waals surface area (Å²) in [4.78, 5) is 11.0. The molecule has 0 aromatic heterocycles. The van der Waals surface area contributed by atoms with Gasteiger partial charge in [0.05, 0.1) is 6.54 Å². The second-order valence-electron chi connectivity index (χ2n) is 3.67. The van der Waals surface area contributed by atoms with Gasteiger partial charge in [-0.2, -0.15) is 13.2 Å². The van der Waals surface area contributed by atoms with E-state index in [1.165, 1.54) is 0 Å². The van der Waals surface area contributed by atoms with Crippen molar-refractivity contribution in [1.29, 1.82) is 0 Å². The Bertz CT molecular complexity index is 207. The third kappa shape index (κ3) is 8.52. The standard InChI is InChI=1S/C10H19F3N2O/c1-3-5-8(4-2)14-6-9(16)15-7-10(11,12)13/h8,14H,3-7H2,1-2H3,(H,15,16). The van der Waals surface area contributed by atoms with Gasteiger partial charge in [-0.05, 0) is 12.8 Å². The van der Waals surface area contributed by atoms with E-state index in [1.54, 1.807) is 0 Å². The predicted octanol–water partition coefficient (Wildman–Crippen LogP) is 1.83. The molecule has 96 valence electrons. The number of alkyl halides is 3. The maximum Gasteiger partial charge on any atom is 0.405 e. The molecule has 0 bridgehead atoms. The molecule has 16 heavy (non-hydrogen) atoms. The molecule has 0 spiro atoms. The molecule has 0 saturated carbocycles. The Morgan fingerprint density at radius 3 is 2.38 bits per heavy atom. The second kappa shape index (κ2) is 7.49. The number of amides is 1. The number of halogens is 3. The topological polar surface area (TPSA) is 41.1 Å². The van der Waals surface area contributed by atoms with E-state index in [0.717, 1.165) is 19.3 Å². The van der Waals surface area contributed by atoms with E-state index in [1.807, 2.05) is 19.2 Å². The summed E-state index contributed by atoms with van der Waals surface area (Å²) in [5.74, 6) is -0.619. The highest BCUT2D eigenvalue weighted by molar-refractivity contribution is 5.78. The van der Waals surface area contributed by atoms with E-state index in [-0.39, 0.29) is 12.6 Å². The monoisotopic (exact) mass is 240 g/mol. The summed E-state index contributed by atoms with van der Waals surface area (Å²) in [6, 6.07) is 0.196. The summed E-state index contributed by atoms with van der Waals surface area (Å²) in [5.41, 5.74) is 0. The van der Waals surface area contributed by atoms with E-state index >= 15 is 0 Å². The van der Waals surface area contributed by atoms with E-state index in [4.69, 9.17) is 0 Å². The molecular formula is C10H19F3N2O. The van der Waals surface area contributed by atoms with Crippen LogP contribution in [-0.2, 0) is 4.79 Å². The number of hydrogen-bond donors (Lipinski definition) is 2. The lowest BCUT2D eigenvalue weighted by Gasteiger charge is -2.16. The Balaban J connectivity index is 3.71. The molecule has 0 aromatic carbocycles. The summed E-state index contributed by atoms with van der Waals surface area (Å²) < 4.78 is 35.3. The summed E-state index contributed by atoms with van der Waals surface area (Å²) in [6.45, 7) is 2.67. The minimum atomic E-state index is -4.34. The lowest BCUT2D eigenvalue weighted by Crippen LogP contribution is -2.42. The largest absolute Gasteiger partial charge is 0.405 e. The van der Waals surface area contributed by atoms with Crippen molar-refractivity contribution in [1.82, 2.24) is 10.6 Å². The quantitative estimate of drug-likeness (QED) is 0.713. The predicted molar refractivity (Wildman–Crippen MR) is 56.1 cm³/mol. The second-order valence-corrected chi connectivity index (χ2v) is 3.67. The number of nitrogens with one attached hydrogen (secondary N) is 2. The molecule has 0 aliphatic carbocycles. The average Bonchev–Trinajstić information content (AvgIpc) is 2.20. The maximum atomic E-state index is 11.8. The molecule has 0 rings (SSSR count). The zero-order chi connectivity index (χ0) is 12.6. The molecule has 1 atom stereocenters. The first kappa shape index (κ1) is 15.2. The Hall–Kier alpha value is -0.780. The summed E-state index contributed by atoms with van der Waals surface area (Å²) in [5, 5.41) is 4.74. The van der Waals surface area contributed by atoms with Gasteiger partial charge in [-0.3, -0.25) is 4.79 Å². The Morgan fingerprint density at radius 1 is 1.31 bits per heavy atom. The van der Waals surface area contributed by atoms with Crippen LogP contribution in [0.1, 0.15) is 33.1 Å². The van der Waals surface area contributed by atoms with Gasteiger partial charge in [0.2, 0.25) is 5.91 Å². The van der Waals surface area contributed by atoms with Crippen LogP contribution < -0.4 is 10.6 Å². The first-order valence-electron chi connectivity index (χ1n) is 5.45. The van der Waals surface area contributed by atoms with Gasteiger partial charge in [0, 0.05) is 6.04 Å². The third-order valence-electron chi connectivity index (χ3n) is 2.17. The molecule has 0 radical (unpaired) electrons. The van der Waals surface area contributed by atoms with Gasteiger partial charge < -0.3 is 10.6 Å². The van der Waals surface area contributed by atoms with Crippen molar-refractivity contribution in [3.63, 3.8) is 0 Å². The smallest absolute Gasteiger partial charge is 0.346 e. The Morgan fingerprint density at radius 2 is 1.94 bits per heavy atom. The van der Waals surface area contributed by atoms with Crippen LogP contribution in [0.2, 0.25) is 0 Å². The van der Waals surface area contributed by atoms with Crippen LogP contribution in [0, 0.1) is 0 Å². The molecule has 6 heteroatoms.